The summed E-state index contributed by atoms with van der Waals surface area (Å²) in [5, 5.41) is 10.6. The molecule has 0 aliphatic rings. The average molecular weight is 241 g/mol. The number of alkyl carbamates (subject to hydrolysis) is 1. The monoisotopic (exact) mass is 240 g/mol. The fraction of sp³-hybridized carbons (Fsp3) is 0.750. The number of hydrogen-bond donors (Lipinski definition) is 3. The number of rotatable bonds is 3. The zero-order valence-corrected chi connectivity index (χ0v) is 9.76. The smallest absolute Gasteiger partial charge is 0.408 e. The minimum Gasteiger partial charge on any atom is -0.481 e. The molecular weight excluding hydrogens is 224 g/mol. The number of hydrogen-bond acceptors (Lipinski definition) is 4. The summed E-state index contributed by atoms with van der Waals surface area (Å²) < 4.78 is 4.87. The minimum absolute atomic E-state index is 0. The number of ether oxygens (including phenoxy) is 1. The van der Waals surface area contributed by atoms with E-state index in [0.29, 0.717) is 0 Å². The van der Waals surface area contributed by atoms with Crippen LogP contribution in [0, 0.1) is 0 Å². The second-order valence-electron chi connectivity index (χ2n) is 3.85. The number of nitrogens with two attached hydrogens (primary N) is 1. The first-order valence-electron chi connectivity index (χ1n) is 4.17. The lowest BCUT2D eigenvalue weighted by Gasteiger charge is -2.21. The Labute approximate surface area is 94.6 Å². The van der Waals surface area contributed by atoms with Gasteiger partial charge >= 0.3 is 12.1 Å². The summed E-state index contributed by atoms with van der Waals surface area (Å²) in [4.78, 5) is 21.2. The lowest BCUT2D eigenvalue weighted by Crippen LogP contribution is -2.45. The van der Waals surface area contributed by atoms with Gasteiger partial charge < -0.3 is 20.9 Å². The van der Waals surface area contributed by atoms with Crippen LogP contribution in [0.3, 0.4) is 0 Å². The van der Waals surface area contributed by atoms with E-state index in [2.05, 4.69) is 5.32 Å². The lowest BCUT2D eigenvalue weighted by atomic mass is 10.2. The van der Waals surface area contributed by atoms with Crippen LogP contribution in [0.25, 0.3) is 0 Å². The van der Waals surface area contributed by atoms with Gasteiger partial charge in [-0.25, -0.2) is 4.79 Å². The molecule has 6 nitrogen and oxygen atoms in total. The van der Waals surface area contributed by atoms with E-state index >= 15 is 0 Å². The third kappa shape index (κ3) is 10.9. The fourth-order valence-corrected chi connectivity index (χ4v) is 0.698. The summed E-state index contributed by atoms with van der Waals surface area (Å²) in [6.45, 7) is 5.11. The summed E-state index contributed by atoms with van der Waals surface area (Å²) in [6, 6.07) is 0. The first kappa shape index (κ1) is 16.4. The number of carbonyl (C=O) groups excluding carboxylic acids is 1. The van der Waals surface area contributed by atoms with E-state index in [1.165, 1.54) is 0 Å². The van der Waals surface area contributed by atoms with Gasteiger partial charge in [0.2, 0.25) is 0 Å². The Kier molecular flexibility index (Phi) is 7.08. The highest BCUT2D eigenvalue weighted by Crippen LogP contribution is 2.06. The van der Waals surface area contributed by atoms with Crippen molar-refractivity contribution in [3.05, 3.63) is 0 Å². The van der Waals surface area contributed by atoms with Crippen molar-refractivity contribution in [1.29, 1.82) is 0 Å². The second kappa shape index (κ2) is 6.47. The molecule has 0 rings (SSSR count). The van der Waals surface area contributed by atoms with Crippen molar-refractivity contribution in [2.24, 2.45) is 5.73 Å². The third-order valence-electron chi connectivity index (χ3n) is 1.10. The van der Waals surface area contributed by atoms with Gasteiger partial charge in [0.1, 0.15) is 5.60 Å². The molecule has 1 amide bonds. The van der Waals surface area contributed by atoms with E-state index in [1.54, 1.807) is 20.8 Å². The topological polar surface area (TPSA) is 102 Å². The highest BCUT2D eigenvalue weighted by molar-refractivity contribution is 5.85. The molecule has 0 heterocycles. The first-order chi connectivity index (χ1) is 6.20. The van der Waals surface area contributed by atoms with E-state index < -0.39 is 23.8 Å². The molecule has 0 aromatic heterocycles. The molecule has 90 valence electrons. The van der Waals surface area contributed by atoms with Crippen LogP contribution in [-0.2, 0) is 9.53 Å². The molecule has 4 N–H and O–H groups in total. The minimum atomic E-state index is -1.08. The van der Waals surface area contributed by atoms with Crippen molar-refractivity contribution in [2.45, 2.75) is 39.0 Å². The third-order valence-corrected chi connectivity index (χ3v) is 1.10. The summed E-state index contributed by atoms with van der Waals surface area (Å²) in [7, 11) is 0. The van der Waals surface area contributed by atoms with Crippen molar-refractivity contribution in [2.75, 3.05) is 0 Å². The number of carbonyl (C=O) groups is 2. The van der Waals surface area contributed by atoms with Gasteiger partial charge in [0.05, 0.1) is 12.6 Å². The molecule has 0 saturated heterocycles. The van der Waals surface area contributed by atoms with Crippen molar-refractivity contribution >= 4 is 24.5 Å². The zero-order chi connectivity index (χ0) is 11.4. The Morgan fingerprint density at radius 2 is 1.93 bits per heavy atom. The molecule has 7 heteroatoms. The Balaban J connectivity index is 0. The van der Waals surface area contributed by atoms with Crippen LogP contribution in [0.5, 0.6) is 0 Å². The van der Waals surface area contributed by atoms with Crippen molar-refractivity contribution in [1.82, 2.24) is 5.32 Å². The summed E-state index contributed by atoms with van der Waals surface area (Å²) in [5.41, 5.74) is 4.68. The predicted octanol–water partition coefficient (Wildman–Crippen LogP) is 0.692. The normalized spacial score (nSPS) is 12.3. The molecule has 0 saturated carbocycles. The predicted molar refractivity (Wildman–Crippen MR) is 56.8 cm³/mol. The molecule has 0 aromatic rings. The molecule has 1 atom stereocenters. The van der Waals surface area contributed by atoms with Gasteiger partial charge in [0.15, 0.2) is 0 Å². The van der Waals surface area contributed by atoms with Crippen molar-refractivity contribution in [3.63, 3.8) is 0 Å². The maximum absolute atomic E-state index is 11.0. The largest absolute Gasteiger partial charge is 0.481 e. The highest BCUT2D eigenvalue weighted by atomic mass is 35.5. The van der Waals surface area contributed by atoms with E-state index in [0.717, 1.165) is 0 Å². The van der Waals surface area contributed by atoms with Crippen LogP contribution in [0.4, 0.5) is 4.79 Å². The number of carboxylic acid groups (broad SMARTS) is 1. The molecule has 1 unspecified atom stereocenters. The number of halogens is 1. The van der Waals surface area contributed by atoms with Crippen molar-refractivity contribution in [3.8, 4) is 0 Å². The Morgan fingerprint density at radius 1 is 1.47 bits per heavy atom. The number of aliphatic carboxylic acids is 1. The Hall–Kier alpha value is -1.01. The van der Waals surface area contributed by atoms with Gasteiger partial charge in [-0.05, 0) is 20.8 Å². The van der Waals surface area contributed by atoms with Gasteiger partial charge in [-0.2, -0.15) is 0 Å². The SMILES string of the molecule is CC(C)(C)OC(=O)NC(N)CC(=O)O.Cl. The summed E-state index contributed by atoms with van der Waals surface area (Å²) in [6.07, 6.45) is -1.98. The molecule has 0 aliphatic heterocycles. The average Bonchev–Trinajstić information content (AvgIpc) is 1.77. The summed E-state index contributed by atoms with van der Waals surface area (Å²) in [5.74, 6) is -1.08. The number of carboxylic acids is 1. The molecule has 0 fully saturated rings. The number of amides is 1. The van der Waals surface area contributed by atoms with E-state index in [4.69, 9.17) is 15.6 Å². The number of nitrogens with one attached hydrogen (secondary N) is 1. The van der Waals surface area contributed by atoms with Gasteiger partial charge in [-0.1, -0.05) is 0 Å². The van der Waals surface area contributed by atoms with Crippen LogP contribution in [-0.4, -0.2) is 28.9 Å². The van der Waals surface area contributed by atoms with Crippen LogP contribution < -0.4 is 11.1 Å². The van der Waals surface area contributed by atoms with Gasteiger partial charge in [0.25, 0.3) is 0 Å². The molecule has 0 aliphatic carbocycles. The maximum Gasteiger partial charge on any atom is 0.408 e. The molecule has 0 aromatic carbocycles. The van der Waals surface area contributed by atoms with Crippen LogP contribution in [0.15, 0.2) is 0 Å². The fourth-order valence-electron chi connectivity index (χ4n) is 0.698. The Bertz CT molecular complexity index is 227. The van der Waals surface area contributed by atoms with Gasteiger partial charge in [-0.3, -0.25) is 4.79 Å². The van der Waals surface area contributed by atoms with Crippen LogP contribution in [0.2, 0.25) is 0 Å². The zero-order valence-electron chi connectivity index (χ0n) is 8.94. The first-order valence-corrected chi connectivity index (χ1v) is 4.17. The van der Waals surface area contributed by atoms with Gasteiger partial charge in [-0.15, -0.1) is 12.4 Å². The Morgan fingerprint density at radius 3 is 2.27 bits per heavy atom. The molecule has 0 radical (unpaired) electrons. The van der Waals surface area contributed by atoms with E-state index in [-0.39, 0.29) is 18.8 Å². The van der Waals surface area contributed by atoms with E-state index in [1.807, 2.05) is 0 Å². The van der Waals surface area contributed by atoms with Crippen LogP contribution >= 0.6 is 12.4 Å². The molecule has 0 spiro atoms. The van der Waals surface area contributed by atoms with Crippen molar-refractivity contribution < 1.29 is 19.4 Å². The van der Waals surface area contributed by atoms with Gasteiger partial charge in [0, 0.05) is 0 Å². The molecule has 0 bridgehead atoms. The van der Waals surface area contributed by atoms with E-state index in [9.17, 15) is 9.59 Å². The summed E-state index contributed by atoms with van der Waals surface area (Å²) >= 11 is 0. The standard InChI is InChI=1S/C8H16N2O4.ClH/c1-8(2,3)14-7(13)10-5(9)4-6(11)12;/h5H,4,9H2,1-3H3,(H,10,13)(H,11,12);1H. The lowest BCUT2D eigenvalue weighted by molar-refractivity contribution is -0.137. The highest BCUT2D eigenvalue weighted by Gasteiger charge is 2.18. The molecular formula is C8H17ClN2O4. The van der Waals surface area contributed by atoms with Crippen LogP contribution in [0.1, 0.15) is 27.2 Å². The maximum atomic E-state index is 11.0. The molecule has 15 heavy (non-hydrogen) atoms. The quantitative estimate of drug-likeness (QED) is 0.630. The second-order valence-corrected chi connectivity index (χ2v) is 3.85.